The number of rotatable bonds is 5. The molecule has 1 unspecified atom stereocenters. The van der Waals surface area contributed by atoms with Crippen molar-refractivity contribution in [3.05, 3.63) is 45.6 Å². The summed E-state index contributed by atoms with van der Waals surface area (Å²) in [4.78, 5) is 16.1. The molecule has 3 rings (SSSR count). The molecule has 1 aromatic heterocycles. The summed E-state index contributed by atoms with van der Waals surface area (Å²) >= 11 is 1.64. The van der Waals surface area contributed by atoms with Gasteiger partial charge in [0.15, 0.2) is 11.5 Å². The van der Waals surface area contributed by atoms with E-state index in [9.17, 15) is 4.79 Å². The fourth-order valence-electron chi connectivity index (χ4n) is 3.64. The molecule has 1 aliphatic rings. The highest BCUT2D eigenvalue weighted by molar-refractivity contribution is 7.10. The van der Waals surface area contributed by atoms with Crippen LogP contribution in [0.15, 0.2) is 29.6 Å². The molecule has 2 heterocycles. The van der Waals surface area contributed by atoms with Gasteiger partial charge in [0.25, 0.3) is 0 Å². The first-order valence-electron chi connectivity index (χ1n) is 8.61. The Hall–Kier alpha value is -2.01. The number of fused-ring (bicyclic) bond motifs is 1. The molecule has 0 saturated carbocycles. The maximum absolute atomic E-state index is 12.9. The Bertz CT molecular complexity index is 740. The maximum atomic E-state index is 12.9. The molecule has 2 aromatic rings. The van der Waals surface area contributed by atoms with Crippen LogP contribution >= 0.6 is 11.3 Å². The second-order valence-electron chi connectivity index (χ2n) is 6.69. The first-order chi connectivity index (χ1) is 12.0. The molecule has 1 aromatic carbocycles. The molecule has 1 atom stereocenters. The Balaban J connectivity index is 1.94. The van der Waals surface area contributed by atoms with Gasteiger partial charge in [0.2, 0.25) is 5.91 Å². The number of hydrogen-bond donors (Lipinski definition) is 0. The van der Waals surface area contributed by atoms with Crippen molar-refractivity contribution in [1.82, 2.24) is 4.90 Å². The minimum Gasteiger partial charge on any atom is -0.493 e. The lowest BCUT2D eigenvalue weighted by Gasteiger charge is -2.40. The Morgan fingerprint density at radius 2 is 2.00 bits per heavy atom. The minimum absolute atomic E-state index is 0.0658. The second kappa shape index (κ2) is 7.48. The van der Waals surface area contributed by atoms with Crippen LogP contribution in [0.3, 0.4) is 0 Å². The van der Waals surface area contributed by atoms with Crippen LogP contribution in [0.1, 0.15) is 35.9 Å². The van der Waals surface area contributed by atoms with E-state index in [0.717, 1.165) is 29.3 Å². The number of carbonyl (C=O) groups is 1. The molecule has 0 fully saturated rings. The summed E-state index contributed by atoms with van der Waals surface area (Å²) in [7, 11) is 3.31. The van der Waals surface area contributed by atoms with Crippen molar-refractivity contribution in [2.75, 3.05) is 20.8 Å². The van der Waals surface area contributed by atoms with Gasteiger partial charge in [-0.25, -0.2) is 0 Å². The van der Waals surface area contributed by atoms with Gasteiger partial charge < -0.3 is 14.4 Å². The molecular weight excluding hydrogens is 334 g/mol. The van der Waals surface area contributed by atoms with E-state index in [-0.39, 0.29) is 11.9 Å². The van der Waals surface area contributed by atoms with Crippen LogP contribution in [0.5, 0.6) is 11.5 Å². The molecule has 0 spiro atoms. The fraction of sp³-hybridized carbons (Fsp3) is 0.450. The molecule has 0 aliphatic carbocycles. The quantitative estimate of drug-likeness (QED) is 0.807. The third-order valence-corrected chi connectivity index (χ3v) is 5.66. The molecule has 134 valence electrons. The Labute approximate surface area is 153 Å². The summed E-state index contributed by atoms with van der Waals surface area (Å²) in [6.07, 6.45) is 1.32. The molecule has 0 saturated heterocycles. The van der Waals surface area contributed by atoms with E-state index in [1.807, 2.05) is 28.5 Å². The summed E-state index contributed by atoms with van der Waals surface area (Å²) in [5, 5.41) is 2.02. The van der Waals surface area contributed by atoms with Gasteiger partial charge in [-0.2, -0.15) is 0 Å². The number of ether oxygens (including phenoxy) is 2. The normalized spacial score (nSPS) is 16.7. The average molecular weight is 359 g/mol. The Morgan fingerprint density at radius 1 is 1.28 bits per heavy atom. The van der Waals surface area contributed by atoms with Crippen molar-refractivity contribution in [1.29, 1.82) is 0 Å². The number of nitrogens with zero attached hydrogens (tertiary/aromatic N) is 1. The first kappa shape index (κ1) is 17.8. The van der Waals surface area contributed by atoms with Gasteiger partial charge >= 0.3 is 0 Å². The minimum atomic E-state index is 0.0658. The van der Waals surface area contributed by atoms with Crippen molar-refractivity contribution in [3.8, 4) is 11.5 Å². The lowest BCUT2D eigenvalue weighted by atomic mass is 9.85. The smallest absolute Gasteiger partial charge is 0.228 e. The van der Waals surface area contributed by atoms with Crippen LogP contribution in [-0.2, 0) is 17.6 Å². The summed E-state index contributed by atoms with van der Waals surface area (Å²) in [6, 6.07) is 8.19. The van der Waals surface area contributed by atoms with E-state index in [0.29, 0.717) is 12.3 Å². The second-order valence-corrected chi connectivity index (χ2v) is 7.72. The molecule has 0 N–H and O–H groups in total. The fourth-order valence-corrected chi connectivity index (χ4v) is 4.33. The van der Waals surface area contributed by atoms with E-state index in [4.69, 9.17) is 9.47 Å². The molecule has 0 bridgehead atoms. The van der Waals surface area contributed by atoms with Crippen molar-refractivity contribution in [3.63, 3.8) is 0 Å². The molecular formula is C20H25NO3S. The van der Waals surface area contributed by atoms with Gasteiger partial charge in [0.1, 0.15) is 0 Å². The Morgan fingerprint density at radius 3 is 2.60 bits per heavy atom. The zero-order valence-electron chi connectivity index (χ0n) is 15.2. The van der Waals surface area contributed by atoms with Gasteiger partial charge in [0.05, 0.1) is 26.7 Å². The standard InChI is InChI=1S/C20H25NO3S/c1-13(2)20-16-12-18(24-4)17(23-3)10-14(16)7-8-21(20)19(22)11-15-6-5-9-25-15/h5-6,9-10,12-13,20H,7-8,11H2,1-4H3. The molecule has 25 heavy (non-hydrogen) atoms. The van der Waals surface area contributed by atoms with E-state index >= 15 is 0 Å². The van der Waals surface area contributed by atoms with Crippen LogP contribution in [-0.4, -0.2) is 31.6 Å². The van der Waals surface area contributed by atoms with Crippen LogP contribution in [0.25, 0.3) is 0 Å². The number of amides is 1. The van der Waals surface area contributed by atoms with Crippen LogP contribution in [0.4, 0.5) is 0 Å². The van der Waals surface area contributed by atoms with Gasteiger partial charge in [-0.1, -0.05) is 19.9 Å². The highest BCUT2D eigenvalue weighted by atomic mass is 32.1. The van der Waals surface area contributed by atoms with Crippen molar-refractivity contribution in [2.24, 2.45) is 5.92 Å². The topological polar surface area (TPSA) is 38.8 Å². The maximum Gasteiger partial charge on any atom is 0.228 e. The van der Waals surface area contributed by atoms with Crippen molar-refractivity contribution in [2.45, 2.75) is 32.7 Å². The van der Waals surface area contributed by atoms with Gasteiger partial charge in [-0.3, -0.25) is 4.79 Å². The number of benzene rings is 1. The first-order valence-corrected chi connectivity index (χ1v) is 9.49. The molecule has 1 amide bonds. The van der Waals surface area contributed by atoms with E-state index in [2.05, 4.69) is 19.9 Å². The average Bonchev–Trinajstić information content (AvgIpc) is 3.11. The summed E-state index contributed by atoms with van der Waals surface area (Å²) in [5.74, 6) is 1.99. The van der Waals surface area contributed by atoms with Crippen LogP contribution in [0, 0.1) is 5.92 Å². The summed E-state index contributed by atoms with van der Waals surface area (Å²) in [5.41, 5.74) is 2.43. The number of hydrogen-bond acceptors (Lipinski definition) is 4. The highest BCUT2D eigenvalue weighted by Gasteiger charge is 2.34. The predicted octanol–water partition coefficient (Wildman–Crippen LogP) is 4.09. The highest BCUT2D eigenvalue weighted by Crippen LogP contribution is 2.41. The molecule has 4 nitrogen and oxygen atoms in total. The van der Waals surface area contributed by atoms with Crippen LogP contribution in [0.2, 0.25) is 0 Å². The van der Waals surface area contributed by atoms with E-state index in [1.165, 1.54) is 11.1 Å². The van der Waals surface area contributed by atoms with E-state index < -0.39 is 0 Å². The number of methoxy groups -OCH3 is 2. The SMILES string of the molecule is COc1cc2c(cc1OC)C(C(C)C)N(C(=O)Cc1cccs1)CC2. The largest absolute Gasteiger partial charge is 0.493 e. The van der Waals surface area contributed by atoms with Gasteiger partial charge in [0, 0.05) is 11.4 Å². The molecule has 5 heteroatoms. The number of thiophene rings is 1. The lowest BCUT2D eigenvalue weighted by Crippen LogP contribution is -2.42. The third-order valence-electron chi connectivity index (χ3n) is 4.78. The third kappa shape index (κ3) is 3.52. The number of carbonyl (C=O) groups excluding carboxylic acids is 1. The van der Waals surface area contributed by atoms with Gasteiger partial charge in [-0.05, 0) is 47.0 Å². The van der Waals surface area contributed by atoms with Gasteiger partial charge in [-0.15, -0.1) is 11.3 Å². The zero-order valence-corrected chi connectivity index (χ0v) is 16.1. The zero-order chi connectivity index (χ0) is 18.0. The van der Waals surface area contributed by atoms with Crippen LogP contribution < -0.4 is 9.47 Å². The summed E-state index contributed by atoms with van der Waals surface area (Å²) < 4.78 is 10.9. The molecule has 1 aliphatic heterocycles. The summed E-state index contributed by atoms with van der Waals surface area (Å²) in [6.45, 7) is 5.08. The Kier molecular flexibility index (Phi) is 5.33. The van der Waals surface area contributed by atoms with Crippen molar-refractivity contribution >= 4 is 17.2 Å². The van der Waals surface area contributed by atoms with E-state index in [1.54, 1.807) is 25.6 Å². The van der Waals surface area contributed by atoms with Crippen molar-refractivity contribution < 1.29 is 14.3 Å². The molecule has 0 radical (unpaired) electrons. The predicted molar refractivity (Wildman–Crippen MR) is 101 cm³/mol. The lowest BCUT2D eigenvalue weighted by molar-refractivity contribution is -0.134. The monoisotopic (exact) mass is 359 g/mol.